The number of rotatable bonds is 5. The summed E-state index contributed by atoms with van der Waals surface area (Å²) in [6.07, 6.45) is 7.30. The van der Waals surface area contributed by atoms with Crippen LogP contribution in [0, 0.1) is 17.8 Å². The first-order valence-electron chi connectivity index (χ1n) is 12.3. The van der Waals surface area contributed by atoms with Crippen molar-refractivity contribution in [2.24, 2.45) is 22.7 Å². The predicted octanol–water partition coefficient (Wildman–Crippen LogP) is 4.55. The summed E-state index contributed by atoms with van der Waals surface area (Å²) < 4.78 is 5.20. The number of aliphatic hydroxyl groups is 1. The van der Waals surface area contributed by atoms with Crippen molar-refractivity contribution in [3.05, 3.63) is 89.1 Å². The van der Waals surface area contributed by atoms with Crippen LogP contribution in [-0.2, 0) is 21.5 Å². The Hall–Kier alpha value is -3.18. The quantitative estimate of drug-likeness (QED) is 0.674. The lowest BCUT2D eigenvalue weighted by Crippen LogP contribution is -2.47. The summed E-state index contributed by atoms with van der Waals surface area (Å²) in [5.74, 6) is 0.519. The van der Waals surface area contributed by atoms with Gasteiger partial charge in [-0.1, -0.05) is 55.0 Å². The van der Waals surface area contributed by atoms with E-state index in [2.05, 4.69) is 53.4 Å². The minimum atomic E-state index is -0.494. The van der Waals surface area contributed by atoms with Crippen molar-refractivity contribution in [2.45, 2.75) is 31.2 Å². The van der Waals surface area contributed by atoms with Crippen molar-refractivity contribution in [1.82, 2.24) is 4.90 Å². The summed E-state index contributed by atoms with van der Waals surface area (Å²) in [6, 6.07) is 18.9. The summed E-state index contributed by atoms with van der Waals surface area (Å²) >= 11 is 0. The molecular formula is C29H30N2O3. The number of hydrogen-bond acceptors (Lipinski definition) is 5. The number of fused-ring (bicyclic) bond motifs is 1. The SMILES string of the molecule is COC(=O)C1=CC=C2N(Cc3ccccc3)CC(C3CCCC3CO)C23C1=Nc1ccccc13. The minimum absolute atomic E-state index is 0.211. The Kier molecular flexibility index (Phi) is 5.18. The van der Waals surface area contributed by atoms with Gasteiger partial charge in [0.15, 0.2) is 0 Å². The lowest BCUT2D eigenvalue weighted by Gasteiger charge is -2.40. The number of allylic oxidation sites excluding steroid dienone is 3. The van der Waals surface area contributed by atoms with E-state index in [1.807, 2.05) is 18.2 Å². The summed E-state index contributed by atoms with van der Waals surface area (Å²) in [6.45, 7) is 1.89. The molecule has 1 saturated carbocycles. The maximum Gasteiger partial charge on any atom is 0.339 e. The number of aliphatic hydroxyl groups excluding tert-OH is 1. The number of esters is 1. The Morgan fingerprint density at radius 3 is 2.71 bits per heavy atom. The van der Waals surface area contributed by atoms with E-state index in [4.69, 9.17) is 9.73 Å². The zero-order valence-corrected chi connectivity index (χ0v) is 19.5. The molecule has 2 fully saturated rings. The van der Waals surface area contributed by atoms with E-state index < -0.39 is 5.41 Å². The highest BCUT2D eigenvalue weighted by Crippen LogP contribution is 2.61. The number of hydrogen-bond donors (Lipinski definition) is 1. The Labute approximate surface area is 200 Å². The topological polar surface area (TPSA) is 62.1 Å². The number of aliphatic imine (C=N–C) groups is 1. The molecule has 1 N–H and O–H groups in total. The average molecular weight is 455 g/mol. The fourth-order valence-electron chi connectivity index (χ4n) is 7.04. The Bertz CT molecular complexity index is 1210. The fourth-order valence-corrected chi connectivity index (χ4v) is 7.04. The van der Waals surface area contributed by atoms with Gasteiger partial charge >= 0.3 is 5.97 Å². The van der Waals surface area contributed by atoms with Crippen LogP contribution in [0.5, 0.6) is 0 Å². The molecule has 2 aliphatic carbocycles. The van der Waals surface area contributed by atoms with Crippen molar-refractivity contribution in [1.29, 1.82) is 0 Å². The molecule has 0 radical (unpaired) electrons. The summed E-state index contributed by atoms with van der Waals surface area (Å²) in [7, 11) is 1.43. The third-order valence-electron chi connectivity index (χ3n) is 8.41. The van der Waals surface area contributed by atoms with Gasteiger partial charge in [0.2, 0.25) is 0 Å². The summed E-state index contributed by atoms with van der Waals surface area (Å²) in [5.41, 5.74) is 5.46. The van der Waals surface area contributed by atoms with Crippen molar-refractivity contribution in [3.8, 4) is 0 Å². The number of ether oxygens (including phenoxy) is 1. The second kappa shape index (κ2) is 8.24. The lowest BCUT2D eigenvalue weighted by atomic mass is 9.60. The number of para-hydroxylation sites is 1. The number of carbonyl (C=O) groups is 1. The third-order valence-corrected chi connectivity index (χ3v) is 8.41. The van der Waals surface area contributed by atoms with Gasteiger partial charge in [-0.2, -0.15) is 0 Å². The number of benzene rings is 2. The molecule has 2 aromatic carbocycles. The normalized spacial score (nSPS) is 29.1. The number of likely N-dealkylation sites (tertiary alicyclic amines) is 1. The molecule has 4 atom stereocenters. The minimum Gasteiger partial charge on any atom is -0.465 e. The molecular weight excluding hydrogens is 424 g/mol. The zero-order chi connectivity index (χ0) is 23.3. The molecule has 4 aliphatic rings. The standard InChI is InChI=1S/C29H30N2O3/c1-34-28(33)22-14-15-26-29(23-12-5-6-13-25(23)30-27(22)29)24(21-11-7-10-20(21)18-32)17-31(26)16-19-8-3-2-4-9-19/h2-6,8-9,12-15,20-21,24,32H,7,10-11,16-18H2,1H3. The van der Waals surface area contributed by atoms with E-state index in [1.54, 1.807) is 0 Å². The Balaban J connectivity index is 1.56. The second-order valence-corrected chi connectivity index (χ2v) is 9.92. The van der Waals surface area contributed by atoms with E-state index >= 15 is 0 Å². The molecule has 2 heterocycles. The van der Waals surface area contributed by atoms with Crippen LogP contribution in [0.25, 0.3) is 0 Å². The molecule has 0 bridgehead atoms. The molecule has 34 heavy (non-hydrogen) atoms. The number of methoxy groups -OCH3 is 1. The van der Waals surface area contributed by atoms with E-state index in [0.29, 0.717) is 11.5 Å². The van der Waals surface area contributed by atoms with E-state index in [-0.39, 0.29) is 24.4 Å². The van der Waals surface area contributed by atoms with Gasteiger partial charge in [-0.15, -0.1) is 0 Å². The van der Waals surface area contributed by atoms with Crippen LogP contribution >= 0.6 is 0 Å². The summed E-state index contributed by atoms with van der Waals surface area (Å²) in [5, 5.41) is 10.3. The van der Waals surface area contributed by atoms with Gasteiger partial charge in [0.05, 0.1) is 29.5 Å². The zero-order valence-electron chi connectivity index (χ0n) is 19.5. The molecule has 1 spiro atoms. The van der Waals surface area contributed by atoms with Crippen molar-refractivity contribution in [2.75, 3.05) is 20.3 Å². The maximum atomic E-state index is 12.9. The first-order valence-corrected chi connectivity index (χ1v) is 12.3. The van der Waals surface area contributed by atoms with Crippen LogP contribution in [0.3, 0.4) is 0 Å². The maximum absolute atomic E-state index is 12.9. The van der Waals surface area contributed by atoms with Crippen LogP contribution in [0.2, 0.25) is 0 Å². The molecule has 2 aliphatic heterocycles. The largest absolute Gasteiger partial charge is 0.465 e. The predicted molar refractivity (Wildman–Crippen MR) is 132 cm³/mol. The molecule has 5 nitrogen and oxygen atoms in total. The van der Waals surface area contributed by atoms with Crippen LogP contribution < -0.4 is 0 Å². The van der Waals surface area contributed by atoms with Gasteiger partial charge in [-0.3, -0.25) is 4.99 Å². The van der Waals surface area contributed by atoms with Crippen molar-refractivity contribution < 1.29 is 14.6 Å². The Morgan fingerprint density at radius 2 is 1.91 bits per heavy atom. The van der Waals surface area contributed by atoms with Crippen LogP contribution in [0.1, 0.15) is 30.4 Å². The highest BCUT2D eigenvalue weighted by atomic mass is 16.5. The molecule has 6 rings (SSSR count). The van der Waals surface area contributed by atoms with Gasteiger partial charge in [0.1, 0.15) is 0 Å². The molecule has 174 valence electrons. The molecule has 5 heteroatoms. The van der Waals surface area contributed by atoms with E-state index in [0.717, 1.165) is 43.8 Å². The first-order chi connectivity index (χ1) is 16.7. The third kappa shape index (κ3) is 2.96. The van der Waals surface area contributed by atoms with Gasteiger partial charge < -0.3 is 14.7 Å². The highest BCUT2D eigenvalue weighted by molar-refractivity contribution is 6.28. The van der Waals surface area contributed by atoms with Crippen LogP contribution in [0.15, 0.2) is 83.0 Å². The van der Waals surface area contributed by atoms with Crippen molar-refractivity contribution >= 4 is 17.4 Å². The molecule has 1 saturated heterocycles. The molecule has 0 aromatic heterocycles. The first kappa shape index (κ1) is 21.4. The number of carbonyl (C=O) groups excluding carboxylic acids is 1. The van der Waals surface area contributed by atoms with E-state index in [9.17, 15) is 9.90 Å². The van der Waals surface area contributed by atoms with Gasteiger partial charge in [0.25, 0.3) is 0 Å². The average Bonchev–Trinajstić information content (AvgIpc) is 3.57. The molecule has 0 amide bonds. The monoisotopic (exact) mass is 454 g/mol. The van der Waals surface area contributed by atoms with Crippen LogP contribution in [-0.4, -0.2) is 41.9 Å². The van der Waals surface area contributed by atoms with Crippen LogP contribution in [0.4, 0.5) is 5.69 Å². The fraction of sp³-hybridized carbons (Fsp3) is 0.379. The molecule has 2 aromatic rings. The highest BCUT2D eigenvalue weighted by Gasteiger charge is 2.62. The van der Waals surface area contributed by atoms with E-state index in [1.165, 1.54) is 23.9 Å². The summed E-state index contributed by atoms with van der Waals surface area (Å²) in [4.78, 5) is 20.5. The Morgan fingerprint density at radius 1 is 1.12 bits per heavy atom. The second-order valence-electron chi connectivity index (χ2n) is 9.92. The smallest absolute Gasteiger partial charge is 0.339 e. The van der Waals surface area contributed by atoms with Gasteiger partial charge in [-0.25, -0.2) is 4.79 Å². The number of nitrogens with zero attached hydrogens (tertiary/aromatic N) is 2. The molecule has 4 unspecified atom stereocenters. The van der Waals surface area contributed by atoms with Gasteiger partial charge in [0, 0.05) is 31.3 Å². The lowest BCUT2D eigenvalue weighted by molar-refractivity contribution is -0.135. The van der Waals surface area contributed by atoms with Gasteiger partial charge in [-0.05, 0) is 54.0 Å². The van der Waals surface area contributed by atoms with Crippen molar-refractivity contribution in [3.63, 3.8) is 0 Å².